The minimum atomic E-state index is 1.19. The first-order valence-corrected chi connectivity index (χ1v) is 11.4. The van der Waals surface area contributed by atoms with Crippen molar-refractivity contribution in [1.29, 1.82) is 0 Å². The van der Waals surface area contributed by atoms with Crippen LogP contribution in [-0.2, 0) is 0 Å². The van der Waals surface area contributed by atoms with Crippen LogP contribution in [0.15, 0.2) is 127 Å². The van der Waals surface area contributed by atoms with Gasteiger partial charge in [-0.25, -0.2) is 0 Å². The highest BCUT2D eigenvalue weighted by Crippen LogP contribution is 2.38. The summed E-state index contributed by atoms with van der Waals surface area (Å²) in [5.74, 6) is 0. The number of hydrogen-bond acceptors (Lipinski definition) is 0. The lowest BCUT2D eigenvalue weighted by atomic mass is 10.0. The summed E-state index contributed by atoms with van der Waals surface area (Å²) >= 11 is 0. The average Bonchev–Trinajstić information content (AvgIpc) is 3.22. The van der Waals surface area contributed by atoms with Crippen molar-refractivity contribution in [3.63, 3.8) is 0 Å². The van der Waals surface area contributed by atoms with Crippen LogP contribution in [0.2, 0.25) is 0 Å². The van der Waals surface area contributed by atoms with E-state index in [-0.39, 0.29) is 0 Å². The molecule has 0 aliphatic rings. The van der Waals surface area contributed by atoms with Gasteiger partial charge in [0.25, 0.3) is 0 Å². The van der Waals surface area contributed by atoms with E-state index in [1.54, 1.807) is 0 Å². The molecule has 0 saturated carbocycles. The van der Waals surface area contributed by atoms with Gasteiger partial charge >= 0.3 is 0 Å². The number of benzene rings is 6. The summed E-state index contributed by atoms with van der Waals surface area (Å²) in [5.41, 5.74) is 6.16. The molecule has 0 unspecified atom stereocenters. The van der Waals surface area contributed by atoms with Crippen LogP contribution < -0.4 is 0 Å². The van der Waals surface area contributed by atoms with E-state index in [1.807, 2.05) is 0 Å². The second kappa shape index (κ2) is 7.08. The van der Waals surface area contributed by atoms with E-state index >= 15 is 0 Å². The SMILES string of the molecule is c1ccc(-c2cccc3c4ccccc4n(-c4ccc5cc6ccccc6cc5c4)c23)cc1. The first-order valence-electron chi connectivity index (χ1n) is 11.4. The van der Waals surface area contributed by atoms with Crippen LogP contribution in [0.1, 0.15) is 0 Å². The lowest BCUT2D eigenvalue weighted by Gasteiger charge is -2.13. The first-order chi connectivity index (χ1) is 16.4. The van der Waals surface area contributed by atoms with E-state index in [9.17, 15) is 0 Å². The lowest BCUT2D eigenvalue weighted by molar-refractivity contribution is 1.19. The monoisotopic (exact) mass is 419 g/mol. The standard InChI is InChI=1S/C32H21N/c1-2-9-22(10-3-1)28-14-8-15-30-29-13-6-7-16-31(29)33(32(28)30)27-18-17-25-19-23-11-4-5-12-24(23)20-26(25)21-27/h1-21H. The summed E-state index contributed by atoms with van der Waals surface area (Å²) < 4.78 is 2.43. The largest absolute Gasteiger partial charge is 0.309 e. The van der Waals surface area contributed by atoms with Gasteiger partial charge in [-0.1, -0.05) is 97.1 Å². The zero-order chi connectivity index (χ0) is 21.8. The van der Waals surface area contributed by atoms with Gasteiger partial charge in [0.2, 0.25) is 0 Å². The zero-order valence-corrected chi connectivity index (χ0v) is 18.1. The fourth-order valence-corrected chi connectivity index (χ4v) is 5.20. The smallest absolute Gasteiger partial charge is 0.0619 e. The Balaban J connectivity index is 1.59. The van der Waals surface area contributed by atoms with Crippen molar-refractivity contribution in [2.24, 2.45) is 0 Å². The van der Waals surface area contributed by atoms with Crippen molar-refractivity contribution in [1.82, 2.24) is 4.57 Å². The van der Waals surface area contributed by atoms with Gasteiger partial charge in [-0.2, -0.15) is 0 Å². The molecule has 7 aromatic rings. The Morgan fingerprint density at radius 2 is 1.09 bits per heavy atom. The molecule has 154 valence electrons. The Bertz CT molecular complexity index is 1810. The van der Waals surface area contributed by atoms with E-state index in [2.05, 4.69) is 132 Å². The van der Waals surface area contributed by atoms with Gasteiger partial charge < -0.3 is 4.57 Å². The van der Waals surface area contributed by atoms with Crippen LogP contribution in [0.4, 0.5) is 0 Å². The van der Waals surface area contributed by atoms with Crippen LogP contribution in [0.25, 0.3) is 60.2 Å². The van der Waals surface area contributed by atoms with Crippen LogP contribution in [0.3, 0.4) is 0 Å². The van der Waals surface area contributed by atoms with E-state index in [1.165, 1.54) is 60.2 Å². The van der Waals surface area contributed by atoms with E-state index in [0.717, 1.165) is 0 Å². The molecule has 0 atom stereocenters. The van der Waals surface area contributed by atoms with Gasteiger partial charge in [0.15, 0.2) is 0 Å². The molecule has 0 aliphatic carbocycles. The molecule has 0 amide bonds. The zero-order valence-electron chi connectivity index (χ0n) is 18.1. The Hall–Kier alpha value is -4.36. The van der Waals surface area contributed by atoms with Gasteiger partial charge in [0, 0.05) is 22.0 Å². The van der Waals surface area contributed by atoms with Crippen molar-refractivity contribution in [2.75, 3.05) is 0 Å². The minimum Gasteiger partial charge on any atom is -0.309 e. The number of para-hydroxylation sites is 2. The molecule has 0 spiro atoms. The normalized spacial score (nSPS) is 11.6. The van der Waals surface area contributed by atoms with E-state index in [4.69, 9.17) is 0 Å². The highest BCUT2D eigenvalue weighted by atomic mass is 15.0. The number of nitrogens with zero attached hydrogens (tertiary/aromatic N) is 1. The first kappa shape index (κ1) is 18.2. The molecule has 7 rings (SSSR count). The quantitative estimate of drug-likeness (QED) is 0.247. The summed E-state index contributed by atoms with van der Waals surface area (Å²) in [6.45, 7) is 0. The maximum atomic E-state index is 2.43. The highest BCUT2D eigenvalue weighted by molar-refractivity contribution is 6.14. The number of rotatable bonds is 2. The third kappa shape index (κ3) is 2.79. The lowest BCUT2D eigenvalue weighted by Crippen LogP contribution is -1.95. The molecule has 1 aromatic heterocycles. The number of aromatic nitrogens is 1. The predicted octanol–water partition coefficient (Wildman–Crippen LogP) is 8.76. The van der Waals surface area contributed by atoms with Crippen molar-refractivity contribution in [3.05, 3.63) is 127 Å². The second-order valence-corrected chi connectivity index (χ2v) is 8.65. The molecular weight excluding hydrogens is 398 g/mol. The molecule has 0 fully saturated rings. The van der Waals surface area contributed by atoms with Crippen LogP contribution in [0, 0.1) is 0 Å². The summed E-state index contributed by atoms with van der Waals surface area (Å²) in [6, 6.07) is 46.1. The molecule has 33 heavy (non-hydrogen) atoms. The van der Waals surface area contributed by atoms with Gasteiger partial charge in [0.1, 0.15) is 0 Å². The van der Waals surface area contributed by atoms with Crippen LogP contribution in [-0.4, -0.2) is 4.57 Å². The molecule has 0 radical (unpaired) electrons. The van der Waals surface area contributed by atoms with Gasteiger partial charge in [-0.15, -0.1) is 0 Å². The molecule has 1 heteroatoms. The fourth-order valence-electron chi connectivity index (χ4n) is 5.20. The Morgan fingerprint density at radius 3 is 1.94 bits per heavy atom. The molecule has 0 saturated heterocycles. The predicted molar refractivity (Wildman–Crippen MR) is 141 cm³/mol. The van der Waals surface area contributed by atoms with Gasteiger partial charge in [0.05, 0.1) is 11.0 Å². The maximum absolute atomic E-state index is 2.43. The van der Waals surface area contributed by atoms with Crippen LogP contribution in [0.5, 0.6) is 0 Å². The van der Waals surface area contributed by atoms with Crippen molar-refractivity contribution < 1.29 is 0 Å². The molecule has 0 bridgehead atoms. The maximum Gasteiger partial charge on any atom is 0.0619 e. The third-order valence-corrected chi connectivity index (χ3v) is 6.73. The Morgan fingerprint density at radius 1 is 0.424 bits per heavy atom. The van der Waals surface area contributed by atoms with Gasteiger partial charge in [-0.3, -0.25) is 0 Å². The molecule has 1 heterocycles. The van der Waals surface area contributed by atoms with Gasteiger partial charge in [-0.05, 0) is 57.4 Å². The summed E-state index contributed by atoms with van der Waals surface area (Å²) in [5, 5.41) is 7.64. The second-order valence-electron chi connectivity index (χ2n) is 8.65. The topological polar surface area (TPSA) is 4.93 Å². The van der Waals surface area contributed by atoms with E-state index in [0.29, 0.717) is 0 Å². The Labute approximate surface area is 192 Å². The highest BCUT2D eigenvalue weighted by Gasteiger charge is 2.16. The number of fused-ring (bicyclic) bond motifs is 5. The molecule has 0 N–H and O–H groups in total. The van der Waals surface area contributed by atoms with E-state index < -0.39 is 0 Å². The summed E-state index contributed by atoms with van der Waals surface area (Å²) in [6.07, 6.45) is 0. The fraction of sp³-hybridized carbons (Fsp3) is 0. The molecular formula is C32H21N. The van der Waals surface area contributed by atoms with Crippen molar-refractivity contribution in [3.8, 4) is 16.8 Å². The van der Waals surface area contributed by atoms with Crippen LogP contribution >= 0.6 is 0 Å². The third-order valence-electron chi connectivity index (χ3n) is 6.73. The Kier molecular flexibility index (Phi) is 3.91. The van der Waals surface area contributed by atoms with Crippen molar-refractivity contribution >= 4 is 43.4 Å². The molecule has 1 nitrogen and oxygen atoms in total. The van der Waals surface area contributed by atoms with Crippen molar-refractivity contribution in [2.45, 2.75) is 0 Å². The molecule has 0 aliphatic heterocycles. The summed E-state index contributed by atoms with van der Waals surface area (Å²) in [4.78, 5) is 0. The summed E-state index contributed by atoms with van der Waals surface area (Å²) in [7, 11) is 0. The molecule has 6 aromatic carbocycles. The number of hydrogen-bond donors (Lipinski definition) is 0. The minimum absolute atomic E-state index is 1.19. The average molecular weight is 420 g/mol.